The number of esters is 1. The molecule has 49 heavy (non-hydrogen) atoms. The van der Waals surface area contributed by atoms with E-state index in [2.05, 4.69) is 50.5 Å². The number of H-pyrrole nitrogens is 2. The van der Waals surface area contributed by atoms with E-state index in [4.69, 9.17) is 9.47 Å². The number of benzene rings is 3. The molecule has 0 fully saturated rings. The van der Waals surface area contributed by atoms with Crippen molar-refractivity contribution in [2.75, 3.05) is 6.61 Å². The number of fused-ring (bicyclic) bond motifs is 8. The van der Waals surface area contributed by atoms with E-state index in [0.29, 0.717) is 30.2 Å². The number of ether oxygens (including phenoxy) is 2. The summed E-state index contributed by atoms with van der Waals surface area (Å²) in [5.41, 5.74) is 0.863. The average Bonchev–Trinajstić information content (AvgIpc) is 3.72. The first kappa shape index (κ1) is 34.8. The summed E-state index contributed by atoms with van der Waals surface area (Å²) < 4.78 is 72.1. The molecule has 0 radical (unpaired) electrons. The molecule has 2 N–H and O–H groups in total. The number of nitrogens with one attached hydrogen (secondary N) is 2. The molecule has 1 aliphatic rings. The number of aromatic nitrogens is 3. The number of allylic oxidation sites excluding steroid dienone is 1. The van der Waals surface area contributed by atoms with Gasteiger partial charge in [0.15, 0.2) is 21.4 Å². The van der Waals surface area contributed by atoms with Crippen molar-refractivity contribution in [3.63, 3.8) is 0 Å². The van der Waals surface area contributed by atoms with Gasteiger partial charge in [0.25, 0.3) is 0 Å². The molecule has 0 saturated heterocycles. The highest BCUT2D eigenvalue weighted by atomic mass is 127. The Kier molecular flexibility index (Phi) is 9.48. The Bertz CT molecular complexity index is 2210. The molecule has 12 heteroatoms. The van der Waals surface area contributed by atoms with Gasteiger partial charge in [0.2, 0.25) is 0 Å². The van der Waals surface area contributed by atoms with Gasteiger partial charge >= 0.3 is 5.97 Å². The maximum atomic E-state index is 15.8. The maximum absolute atomic E-state index is 15.8. The molecule has 1 unspecified atom stereocenters. The summed E-state index contributed by atoms with van der Waals surface area (Å²) in [4.78, 5) is 23.7. The number of sulfone groups is 1. The third-order valence-corrected chi connectivity index (χ3v) is 11.4. The van der Waals surface area contributed by atoms with Crippen LogP contribution in [0.25, 0.3) is 22.3 Å². The zero-order valence-corrected chi connectivity index (χ0v) is 30.5. The molecule has 1 atom stereocenters. The molecular formula is C37H36F2IN3O5S. The molecule has 256 valence electrons. The average molecular weight is 800 g/mol. The van der Waals surface area contributed by atoms with Crippen LogP contribution >= 0.6 is 22.6 Å². The van der Waals surface area contributed by atoms with Crippen LogP contribution in [0.5, 0.6) is 11.5 Å². The van der Waals surface area contributed by atoms with Crippen molar-refractivity contribution >= 4 is 49.3 Å². The Hall–Kier alpha value is -4.04. The molecule has 3 aromatic carbocycles. The molecular weight excluding hydrogens is 763 g/mol. The van der Waals surface area contributed by atoms with Crippen LogP contribution in [0.2, 0.25) is 0 Å². The molecule has 5 aromatic rings. The normalized spacial score (nSPS) is 20.3. The Morgan fingerprint density at radius 3 is 2.61 bits per heavy atom. The number of carbonyl (C=O) groups excluding carboxylic acids is 1. The molecule has 0 amide bonds. The van der Waals surface area contributed by atoms with Crippen LogP contribution in [0.4, 0.5) is 8.78 Å². The van der Waals surface area contributed by atoms with Gasteiger partial charge in [0.1, 0.15) is 22.3 Å². The molecule has 8 nitrogen and oxygen atoms in total. The lowest BCUT2D eigenvalue weighted by Crippen LogP contribution is -2.26. The van der Waals surface area contributed by atoms with Crippen LogP contribution in [0, 0.1) is 20.6 Å². The van der Waals surface area contributed by atoms with E-state index < -0.39 is 48.9 Å². The van der Waals surface area contributed by atoms with Crippen LogP contribution in [-0.2, 0) is 30.5 Å². The monoisotopic (exact) mass is 799 g/mol. The number of hydrogen-bond acceptors (Lipinski definition) is 6. The van der Waals surface area contributed by atoms with Crippen LogP contribution < -0.4 is 4.74 Å². The van der Waals surface area contributed by atoms with Gasteiger partial charge in [-0.05, 0) is 96.7 Å². The number of halogens is 3. The van der Waals surface area contributed by atoms with Gasteiger partial charge in [-0.3, -0.25) is 0 Å². The highest BCUT2D eigenvalue weighted by Gasteiger charge is 2.35. The van der Waals surface area contributed by atoms with Gasteiger partial charge in [-0.15, -0.1) is 0 Å². The van der Waals surface area contributed by atoms with Crippen molar-refractivity contribution < 1.29 is 31.5 Å². The number of nitrogens with zero attached hydrogens (tertiary/aromatic N) is 1. The lowest BCUT2D eigenvalue weighted by molar-refractivity contribution is -0.137. The van der Waals surface area contributed by atoms with Crippen molar-refractivity contribution in [2.24, 2.45) is 5.41 Å². The SMILES string of the molecule is CCOC(=O)/C1=C\C(C)(C)CCCC(C)(c2cccc(I)c2)c2cnc([nH]2)-c2cc(ccc2F)Oc2c(F)cc3[nH]ccc3c2CS1(=O)=O. The predicted molar refractivity (Wildman–Crippen MR) is 193 cm³/mol. The van der Waals surface area contributed by atoms with Gasteiger partial charge in [-0.2, -0.15) is 0 Å². The van der Waals surface area contributed by atoms with E-state index in [1.165, 1.54) is 30.3 Å². The van der Waals surface area contributed by atoms with Gasteiger partial charge in [0, 0.05) is 49.6 Å². The van der Waals surface area contributed by atoms with Crippen molar-refractivity contribution in [3.8, 4) is 22.9 Å². The quantitative estimate of drug-likeness (QED) is 0.139. The second kappa shape index (κ2) is 13.3. The van der Waals surface area contributed by atoms with Crippen molar-refractivity contribution in [2.45, 2.75) is 58.1 Å². The lowest BCUT2D eigenvalue weighted by Gasteiger charge is -2.31. The summed E-state index contributed by atoms with van der Waals surface area (Å²) in [6.45, 7) is 7.39. The summed E-state index contributed by atoms with van der Waals surface area (Å²) in [5.74, 6) is -3.18. The van der Waals surface area contributed by atoms with E-state index in [-0.39, 0.29) is 35.1 Å². The van der Waals surface area contributed by atoms with Crippen LogP contribution in [-0.4, -0.2) is 35.9 Å². The zero-order valence-electron chi connectivity index (χ0n) is 27.5. The minimum absolute atomic E-state index is 0.00444. The van der Waals surface area contributed by atoms with Crippen molar-refractivity contribution in [1.29, 1.82) is 0 Å². The van der Waals surface area contributed by atoms with Crippen LogP contribution in [0.15, 0.2) is 78.0 Å². The fourth-order valence-electron chi connectivity index (χ4n) is 6.42. The summed E-state index contributed by atoms with van der Waals surface area (Å²) in [6, 6.07) is 14.8. The maximum Gasteiger partial charge on any atom is 0.349 e. The van der Waals surface area contributed by atoms with Crippen LogP contribution in [0.3, 0.4) is 0 Å². The van der Waals surface area contributed by atoms with Crippen molar-refractivity contribution in [3.05, 3.63) is 110 Å². The number of rotatable bonds is 3. The van der Waals surface area contributed by atoms with E-state index in [1.807, 2.05) is 32.0 Å². The largest absolute Gasteiger partial charge is 0.462 e. The smallest absolute Gasteiger partial charge is 0.349 e. The Morgan fingerprint density at radius 2 is 1.86 bits per heavy atom. The van der Waals surface area contributed by atoms with E-state index in [9.17, 15) is 13.2 Å². The molecule has 2 aromatic heterocycles. The summed E-state index contributed by atoms with van der Waals surface area (Å²) >= 11 is 2.26. The Balaban J connectivity index is 1.58. The molecule has 1 aliphatic heterocycles. The molecule has 6 rings (SSSR count). The predicted octanol–water partition coefficient (Wildman–Crippen LogP) is 9.11. The summed E-state index contributed by atoms with van der Waals surface area (Å²) in [6.07, 6.45) is 6.48. The first-order valence-corrected chi connectivity index (χ1v) is 18.6. The second-order valence-electron chi connectivity index (χ2n) is 13.2. The molecule has 0 spiro atoms. The Labute approximate surface area is 297 Å². The van der Waals surface area contributed by atoms with Crippen LogP contribution in [0.1, 0.15) is 63.8 Å². The third kappa shape index (κ3) is 7.03. The van der Waals surface area contributed by atoms with Gasteiger partial charge in [0.05, 0.1) is 17.9 Å². The van der Waals surface area contributed by atoms with E-state index >= 15 is 8.78 Å². The molecule has 0 saturated carbocycles. The second-order valence-corrected chi connectivity index (χ2v) is 16.4. The van der Waals surface area contributed by atoms with Gasteiger partial charge < -0.3 is 19.4 Å². The minimum atomic E-state index is -4.42. The number of hydrogen-bond donors (Lipinski definition) is 2. The molecule has 3 heterocycles. The number of carbonyl (C=O) groups is 1. The van der Waals surface area contributed by atoms with E-state index in [0.717, 1.165) is 14.8 Å². The van der Waals surface area contributed by atoms with E-state index in [1.54, 1.807) is 25.4 Å². The molecule has 0 aliphatic carbocycles. The Morgan fingerprint density at radius 1 is 1.06 bits per heavy atom. The first-order valence-electron chi connectivity index (χ1n) is 15.9. The first-order chi connectivity index (χ1) is 23.2. The summed E-state index contributed by atoms with van der Waals surface area (Å²) in [5, 5.41) is 0.393. The number of imidazole rings is 1. The lowest BCUT2D eigenvalue weighted by atomic mass is 9.74. The highest BCUT2D eigenvalue weighted by molar-refractivity contribution is 14.1. The fourth-order valence-corrected chi connectivity index (χ4v) is 8.60. The highest BCUT2D eigenvalue weighted by Crippen LogP contribution is 2.42. The van der Waals surface area contributed by atoms with Gasteiger partial charge in [-0.1, -0.05) is 38.5 Å². The standard InChI is InChI=1S/C37H36F2IN3O5S/c1-5-47-35(44)31-19-36(2,3)13-7-14-37(4,22-8-6-9-23(40)16-22)32-20-42-34(43-32)26-17-24(10-11-28(26)38)48-33-27(21-49(31,45)46)25-12-15-41-30(25)18-29(33)39/h6,8-12,15-20,41H,5,7,13-14,21H2,1-4H3,(H,42,43)/b31-19+. The topological polar surface area (TPSA) is 114 Å². The third-order valence-electron chi connectivity index (χ3n) is 9.08. The number of aromatic amines is 2. The van der Waals surface area contributed by atoms with Crippen molar-refractivity contribution in [1.82, 2.24) is 15.0 Å². The minimum Gasteiger partial charge on any atom is -0.462 e. The zero-order chi connectivity index (χ0) is 35.1. The van der Waals surface area contributed by atoms with Gasteiger partial charge in [-0.25, -0.2) is 27.0 Å². The summed E-state index contributed by atoms with van der Waals surface area (Å²) in [7, 11) is -4.42. The molecule has 4 bridgehead atoms. The fraction of sp³-hybridized carbons (Fsp3) is 0.297.